The molecule has 2 fully saturated rings. The highest BCUT2D eigenvalue weighted by molar-refractivity contribution is 9.11. The van der Waals surface area contributed by atoms with Crippen molar-refractivity contribution in [2.75, 3.05) is 13.1 Å². The third kappa shape index (κ3) is 4.52. The molecule has 0 aromatic carbocycles. The van der Waals surface area contributed by atoms with Gasteiger partial charge in [0.15, 0.2) is 0 Å². The van der Waals surface area contributed by atoms with Crippen molar-refractivity contribution in [1.29, 1.82) is 0 Å². The van der Waals surface area contributed by atoms with Gasteiger partial charge in [-0.1, -0.05) is 0 Å². The van der Waals surface area contributed by atoms with Gasteiger partial charge in [-0.25, -0.2) is 0 Å². The summed E-state index contributed by atoms with van der Waals surface area (Å²) >= 11 is 5.24. The van der Waals surface area contributed by atoms with Crippen LogP contribution in [0.1, 0.15) is 30.6 Å². The van der Waals surface area contributed by atoms with Crippen molar-refractivity contribution in [2.45, 2.75) is 44.3 Å². The van der Waals surface area contributed by atoms with Crippen molar-refractivity contribution in [3.8, 4) is 0 Å². The number of nitrogens with zero attached hydrogens (tertiary/aromatic N) is 1. The summed E-state index contributed by atoms with van der Waals surface area (Å²) in [6, 6.07) is 5.21. The van der Waals surface area contributed by atoms with Crippen LogP contribution in [0.15, 0.2) is 15.9 Å². The molecule has 1 aromatic heterocycles. The van der Waals surface area contributed by atoms with Crippen LogP contribution in [0.3, 0.4) is 0 Å². The van der Waals surface area contributed by atoms with Crippen molar-refractivity contribution >= 4 is 33.2 Å². The second-order valence-corrected chi connectivity index (χ2v) is 8.72. The van der Waals surface area contributed by atoms with E-state index in [1.54, 1.807) is 11.3 Å². The maximum Gasteiger partial charge on any atom is 0.317 e. The first-order chi connectivity index (χ1) is 10.1. The van der Waals surface area contributed by atoms with E-state index in [1.165, 1.54) is 21.5 Å². The highest BCUT2D eigenvalue weighted by Crippen LogP contribution is 2.34. The fraction of sp³-hybridized carbons (Fsp3) is 0.667. The largest absolute Gasteiger partial charge is 0.480 e. The van der Waals surface area contributed by atoms with Crippen LogP contribution in [-0.4, -0.2) is 41.1 Å². The van der Waals surface area contributed by atoms with E-state index in [-0.39, 0.29) is 6.54 Å². The van der Waals surface area contributed by atoms with Crippen LogP contribution in [0.25, 0.3) is 0 Å². The molecule has 0 spiro atoms. The first kappa shape index (κ1) is 15.5. The average Bonchev–Trinajstić information content (AvgIpc) is 3.07. The van der Waals surface area contributed by atoms with Crippen molar-refractivity contribution in [2.24, 2.45) is 5.92 Å². The molecule has 4 nitrogen and oxygen atoms in total. The Morgan fingerprint density at radius 1 is 1.43 bits per heavy atom. The average molecular weight is 373 g/mol. The number of halogens is 1. The summed E-state index contributed by atoms with van der Waals surface area (Å²) in [5.74, 6) is 0.0512. The third-order valence-electron chi connectivity index (χ3n) is 4.35. The van der Waals surface area contributed by atoms with E-state index < -0.39 is 5.97 Å². The smallest absolute Gasteiger partial charge is 0.317 e. The first-order valence-electron chi connectivity index (χ1n) is 7.53. The topological polar surface area (TPSA) is 52.6 Å². The van der Waals surface area contributed by atoms with E-state index in [0.29, 0.717) is 12.1 Å². The molecule has 0 atom stereocenters. The lowest BCUT2D eigenvalue weighted by molar-refractivity contribution is -0.139. The molecular formula is C15H21BrN2O2S. The van der Waals surface area contributed by atoms with Crippen LogP contribution < -0.4 is 5.32 Å². The first-order valence-corrected chi connectivity index (χ1v) is 9.14. The second-order valence-electron chi connectivity index (χ2n) is 6.18. The number of carboxylic acids is 1. The van der Waals surface area contributed by atoms with E-state index in [9.17, 15) is 4.79 Å². The molecule has 2 aliphatic rings. The molecular weight excluding hydrogens is 352 g/mol. The van der Waals surface area contributed by atoms with Crippen LogP contribution in [0.4, 0.5) is 0 Å². The Morgan fingerprint density at radius 3 is 2.76 bits per heavy atom. The summed E-state index contributed by atoms with van der Waals surface area (Å²) in [7, 11) is 0. The Hall–Kier alpha value is -0.430. The molecule has 2 saturated carbocycles. The molecule has 0 amide bonds. The lowest BCUT2D eigenvalue weighted by Gasteiger charge is -2.43. The number of aliphatic carboxylic acids is 1. The van der Waals surface area contributed by atoms with Crippen molar-refractivity contribution in [3.05, 3.63) is 20.8 Å². The zero-order valence-corrected chi connectivity index (χ0v) is 14.3. The fourth-order valence-corrected chi connectivity index (χ4v) is 4.33. The molecule has 3 rings (SSSR count). The molecule has 1 heterocycles. The zero-order chi connectivity index (χ0) is 14.8. The number of carbonyl (C=O) groups is 1. The lowest BCUT2D eigenvalue weighted by atomic mass is 9.85. The summed E-state index contributed by atoms with van der Waals surface area (Å²) in [4.78, 5) is 14.5. The van der Waals surface area contributed by atoms with E-state index >= 15 is 0 Å². The van der Waals surface area contributed by atoms with Crippen molar-refractivity contribution in [3.63, 3.8) is 0 Å². The van der Waals surface area contributed by atoms with Crippen LogP contribution in [0, 0.1) is 5.92 Å². The van der Waals surface area contributed by atoms with Crippen LogP contribution >= 0.6 is 27.3 Å². The predicted molar refractivity (Wildman–Crippen MR) is 87.6 cm³/mol. The molecule has 6 heteroatoms. The van der Waals surface area contributed by atoms with Gasteiger partial charge in [-0.3, -0.25) is 9.69 Å². The fourth-order valence-electron chi connectivity index (χ4n) is 2.89. The van der Waals surface area contributed by atoms with Crippen LogP contribution in [0.5, 0.6) is 0 Å². The third-order valence-corrected chi connectivity index (χ3v) is 5.98. The quantitative estimate of drug-likeness (QED) is 0.736. The minimum Gasteiger partial charge on any atom is -0.480 e. The molecule has 0 unspecified atom stereocenters. The number of hydrogen-bond donors (Lipinski definition) is 2. The van der Waals surface area contributed by atoms with Crippen LogP contribution in [-0.2, 0) is 11.3 Å². The minimum absolute atomic E-state index is 0.200. The van der Waals surface area contributed by atoms with E-state index in [2.05, 4.69) is 38.3 Å². The maximum atomic E-state index is 11.0. The Morgan fingerprint density at radius 2 is 2.19 bits per heavy atom. The van der Waals surface area contributed by atoms with Gasteiger partial charge in [0.25, 0.3) is 0 Å². The van der Waals surface area contributed by atoms with E-state index in [0.717, 1.165) is 31.8 Å². The zero-order valence-electron chi connectivity index (χ0n) is 11.9. The second kappa shape index (κ2) is 6.77. The molecule has 0 aliphatic heterocycles. The predicted octanol–water partition coefficient (Wildman–Crippen LogP) is 2.93. The molecule has 1 aromatic rings. The normalized spacial score (nSPS) is 25.0. The molecule has 2 aliphatic carbocycles. The molecule has 0 bridgehead atoms. The molecule has 116 valence electrons. The summed E-state index contributed by atoms with van der Waals surface area (Å²) in [5, 5.41) is 12.6. The van der Waals surface area contributed by atoms with Gasteiger partial charge in [0.2, 0.25) is 0 Å². The Balaban J connectivity index is 1.41. The molecule has 0 saturated heterocycles. The molecule has 2 N–H and O–H groups in total. The minimum atomic E-state index is -0.699. The lowest BCUT2D eigenvalue weighted by Crippen LogP contribution is -2.54. The van der Waals surface area contributed by atoms with Gasteiger partial charge in [-0.05, 0) is 59.7 Å². The van der Waals surface area contributed by atoms with Gasteiger partial charge in [0.05, 0.1) is 10.3 Å². The number of rotatable bonds is 8. The van der Waals surface area contributed by atoms with Gasteiger partial charge in [-0.2, -0.15) is 0 Å². The van der Waals surface area contributed by atoms with Crippen molar-refractivity contribution in [1.82, 2.24) is 10.2 Å². The van der Waals surface area contributed by atoms with E-state index in [1.807, 2.05) is 0 Å². The molecule has 0 radical (unpaired) electrons. The number of nitrogens with one attached hydrogen (secondary N) is 1. The van der Waals surface area contributed by atoms with Crippen LogP contribution in [0.2, 0.25) is 0 Å². The maximum absolute atomic E-state index is 11.0. The molecule has 21 heavy (non-hydrogen) atoms. The van der Waals surface area contributed by atoms with E-state index in [4.69, 9.17) is 5.11 Å². The Kier molecular flexibility index (Phi) is 4.99. The monoisotopic (exact) mass is 372 g/mol. The van der Waals surface area contributed by atoms with Gasteiger partial charge in [0.1, 0.15) is 0 Å². The standard InChI is InChI=1S/C15H21BrN2O2S/c16-14-4-3-13(21-14)7-17-11-5-12(6-11)18(9-15(19)20)8-10-1-2-10/h3-4,10-12,17H,1-2,5-9H2,(H,19,20). The summed E-state index contributed by atoms with van der Waals surface area (Å²) < 4.78 is 1.17. The Labute approximate surface area is 137 Å². The van der Waals surface area contributed by atoms with Gasteiger partial charge >= 0.3 is 5.97 Å². The van der Waals surface area contributed by atoms with Crippen molar-refractivity contribution < 1.29 is 9.90 Å². The number of thiophene rings is 1. The van der Waals surface area contributed by atoms with Gasteiger partial charge < -0.3 is 10.4 Å². The van der Waals surface area contributed by atoms with Gasteiger partial charge in [0, 0.05) is 30.1 Å². The highest BCUT2D eigenvalue weighted by Gasteiger charge is 2.36. The summed E-state index contributed by atoms with van der Waals surface area (Å²) in [6.45, 7) is 2.09. The summed E-state index contributed by atoms with van der Waals surface area (Å²) in [5.41, 5.74) is 0. The Bertz CT molecular complexity index is 498. The number of hydrogen-bond acceptors (Lipinski definition) is 4. The van der Waals surface area contributed by atoms with Gasteiger partial charge in [-0.15, -0.1) is 11.3 Å². The SMILES string of the molecule is O=C(O)CN(CC1CC1)C1CC(NCc2ccc(Br)s2)C1. The highest BCUT2D eigenvalue weighted by atomic mass is 79.9. The summed E-state index contributed by atoms with van der Waals surface area (Å²) in [6.07, 6.45) is 4.70. The number of carboxylic acid groups (broad SMARTS) is 1.